The van der Waals surface area contributed by atoms with Crippen molar-refractivity contribution < 1.29 is 14.3 Å². The van der Waals surface area contributed by atoms with Gasteiger partial charge in [-0.2, -0.15) is 0 Å². The van der Waals surface area contributed by atoms with Gasteiger partial charge in [0.05, 0.1) is 13.2 Å². The Hall–Kier alpha value is -3.19. The second-order valence-electron chi connectivity index (χ2n) is 6.81. The van der Waals surface area contributed by atoms with E-state index in [1.807, 2.05) is 36.4 Å². The molecule has 1 aromatic heterocycles. The molecule has 0 aliphatic rings. The molecule has 7 heteroatoms. The van der Waals surface area contributed by atoms with Crippen molar-refractivity contribution in [2.75, 3.05) is 18.5 Å². The molecule has 3 aromatic rings. The summed E-state index contributed by atoms with van der Waals surface area (Å²) in [7, 11) is 0. The van der Waals surface area contributed by atoms with Crippen LogP contribution in [-0.4, -0.2) is 29.3 Å². The molecule has 2 aromatic carbocycles. The summed E-state index contributed by atoms with van der Waals surface area (Å²) in [6.07, 6.45) is 5.77. The zero-order valence-electron chi connectivity index (χ0n) is 17.8. The summed E-state index contributed by atoms with van der Waals surface area (Å²) in [6.45, 7) is 5.32. The van der Waals surface area contributed by atoms with E-state index in [-0.39, 0.29) is 5.91 Å². The van der Waals surface area contributed by atoms with Crippen molar-refractivity contribution in [2.24, 2.45) is 0 Å². The maximum atomic E-state index is 12.2. The van der Waals surface area contributed by atoms with Crippen LogP contribution < -0.4 is 14.8 Å². The fourth-order valence-corrected chi connectivity index (χ4v) is 3.48. The van der Waals surface area contributed by atoms with Gasteiger partial charge in [0.15, 0.2) is 0 Å². The number of benzene rings is 2. The molecule has 1 N–H and O–H groups in total. The number of nitrogens with one attached hydrogen (secondary N) is 1. The van der Waals surface area contributed by atoms with Gasteiger partial charge >= 0.3 is 0 Å². The van der Waals surface area contributed by atoms with Gasteiger partial charge in [-0.3, -0.25) is 10.1 Å². The van der Waals surface area contributed by atoms with E-state index < -0.39 is 0 Å². The molecule has 1 amide bonds. The van der Waals surface area contributed by atoms with Crippen LogP contribution in [0, 0.1) is 0 Å². The average Bonchev–Trinajstić information content (AvgIpc) is 3.24. The zero-order valence-corrected chi connectivity index (χ0v) is 18.7. The molecule has 1 heterocycles. The third-order valence-corrected chi connectivity index (χ3v) is 5.31. The Kier molecular flexibility index (Phi) is 8.60. The molecule has 0 spiro atoms. The molecule has 0 bridgehead atoms. The van der Waals surface area contributed by atoms with E-state index in [2.05, 4.69) is 41.5 Å². The number of ether oxygens (including phenoxy) is 2. The molecule has 0 radical (unpaired) electrons. The first kappa shape index (κ1) is 22.5. The third-order valence-electron chi connectivity index (χ3n) is 4.41. The van der Waals surface area contributed by atoms with E-state index in [9.17, 15) is 4.79 Å². The molecule has 0 atom stereocenters. The van der Waals surface area contributed by atoms with E-state index in [4.69, 9.17) is 9.47 Å². The van der Waals surface area contributed by atoms with Gasteiger partial charge in [-0.1, -0.05) is 55.5 Å². The molecule has 31 heavy (non-hydrogen) atoms. The molecule has 3 rings (SSSR count). The van der Waals surface area contributed by atoms with Gasteiger partial charge in [0.1, 0.15) is 16.5 Å². The highest BCUT2D eigenvalue weighted by Gasteiger charge is 2.07. The van der Waals surface area contributed by atoms with Crippen molar-refractivity contribution in [3.05, 3.63) is 70.7 Å². The summed E-state index contributed by atoms with van der Waals surface area (Å²) in [6, 6.07) is 15.7. The van der Waals surface area contributed by atoms with Crippen LogP contribution in [-0.2, 0) is 17.6 Å². The summed E-state index contributed by atoms with van der Waals surface area (Å²) in [4.78, 5) is 12.2. The lowest BCUT2D eigenvalue weighted by atomic mass is 10.2. The molecule has 0 aliphatic heterocycles. The number of carbonyl (C=O) groups is 1. The monoisotopic (exact) mass is 437 g/mol. The van der Waals surface area contributed by atoms with Crippen molar-refractivity contribution in [1.29, 1.82) is 0 Å². The number of aryl methyl sites for hydroxylation is 1. The molecule has 0 aliphatic carbocycles. The number of hydrogen-bond donors (Lipinski definition) is 1. The largest absolute Gasteiger partial charge is 0.493 e. The van der Waals surface area contributed by atoms with Gasteiger partial charge in [-0.05, 0) is 42.7 Å². The molecule has 0 unspecified atom stereocenters. The Morgan fingerprint density at radius 1 is 1.03 bits per heavy atom. The first-order valence-corrected chi connectivity index (χ1v) is 11.2. The van der Waals surface area contributed by atoms with E-state index >= 15 is 0 Å². The van der Waals surface area contributed by atoms with E-state index in [1.165, 1.54) is 23.0 Å². The van der Waals surface area contributed by atoms with Crippen molar-refractivity contribution in [3.8, 4) is 11.5 Å². The number of hydrogen-bond acceptors (Lipinski definition) is 6. The zero-order chi connectivity index (χ0) is 21.9. The normalized spacial score (nSPS) is 10.9. The van der Waals surface area contributed by atoms with Gasteiger partial charge in [0.25, 0.3) is 0 Å². The molecular formula is C24H27N3O3S. The van der Waals surface area contributed by atoms with Gasteiger partial charge < -0.3 is 9.47 Å². The second-order valence-corrected chi connectivity index (χ2v) is 7.87. The Balaban J connectivity index is 1.47. The maximum absolute atomic E-state index is 12.2. The van der Waals surface area contributed by atoms with Crippen molar-refractivity contribution in [3.63, 3.8) is 0 Å². The number of carbonyl (C=O) groups excluding carboxylic acids is 1. The molecular weight excluding hydrogens is 410 g/mol. The lowest BCUT2D eigenvalue weighted by molar-refractivity contribution is -0.111. The molecule has 0 fully saturated rings. The number of para-hydroxylation sites is 1. The fourth-order valence-electron chi connectivity index (χ4n) is 2.76. The lowest BCUT2D eigenvalue weighted by Gasteiger charge is -2.07. The van der Waals surface area contributed by atoms with Crippen LogP contribution in [0.5, 0.6) is 11.5 Å². The first-order chi connectivity index (χ1) is 15.2. The van der Waals surface area contributed by atoms with E-state index in [0.29, 0.717) is 24.8 Å². The van der Waals surface area contributed by atoms with Gasteiger partial charge in [-0.25, -0.2) is 0 Å². The first-order valence-electron chi connectivity index (χ1n) is 10.4. The third kappa shape index (κ3) is 7.22. The van der Waals surface area contributed by atoms with Crippen LogP contribution in [0.3, 0.4) is 0 Å². The van der Waals surface area contributed by atoms with Crippen LogP contribution in [0.1, 0.15) is 36.4 Å². The SMILES string of the molecule is CCCOc1ccccc1/C=C/C(=O)Nc1nnc(CCOc2ccc(CC)cc2)s1. The Bertz CT molecular complexity index is 999. The minimum atomic E-state index is -0.264. The van der Waals surface area contributed by atoms with Crippen molar-refractivity contribution >= 4 is 28.5 Å². The van der Waals surface area contributed by atoms with Crippen molar-refractivity contribution in [1.82, 2.24) is 10.2 Å². The predicted octanol–water partition coefficient (Wildman–Crippen LogP) is 5.16. The smallest absolute Gasteiger partial charge is 0.250 e. The van der Waals surface area contributed by atoms with Gasteiger partial charge in [-0.15, -0.1) is 10.2 Å². The standard InChI is InChI=1S/C24H27N3O3S/c1-3-16-30-21-8-6-5-7-19(21)11-14-22(28)25-24-27-26-23(31-24)15-17-29-20-12-9-18(4-2)10-13-20/h5-14H,3-4,15-17H2,1-2H3,(H,25,27,28)/b14-11+. The van der Waals surface area contributed by atoms with E-state index in [0.717, 1.165) is 34.9 Å². The van der Waals surface area contributed by atoms with Crippen LogP contribution in [0.25, 0.3) is 6.08 Å². The van der Waals surface area contributed by atoms with Crippen LogP contribution >= 0.6 is 11.3 Å². The second kappa shape index (κ2) is 11.9. The Labute approximate surface area is 186 Å². The number of nitrogens with zero attached hydrogens (tertiary/aromatic N) is 2. The minimum Gasteiger partial charge on any atom is -0.493 e. The summed E-state index contributed by atoms with van der Waals surface area (Å²) in [5, 5.41) is 12.2. The number of aromatic nitrogens is 2. The highest BCUT2D eigenvalue weighted by atomic mass is 32.1. The Morgan fingerprint density at radius 3 is 2.61 bits per heavy atom. The molecule has 0 saturated heterocycles. The van der Waals surface area contributed by atoms with Crippen LogP contribution in [0.4, 0.5) is 5.13 Å². The number of amides is 1. The summed E-state index contributed by atoms with van der Waals surface area (Å²) < 4.78 is 11.5. The molecule has 162 valence electrons. The molecule has 6 nitrogen and oxygen atoms in total. The highest BCUT2D eigenvalue weighted by molar-refractivity contribution is 7.15. The van der Waals surface area contributed by atoms with Gasteiger partial charge in [0, 0.05) is 18.1 Å². The van der Waals surface area contributed by atoms with Crippen LogP contribution in [0.15, 0.2) is 54.6 Å². The van der Waals surface area contributed by atoms with Gasteiger partial charge in [0.2, 0.25) is 11.0 Å². The Morgan fingerprint density at radius 2 is 1.84 bits per heavy atom. The number of rotatable bonds is 11. The van der Waals surface area contributed by atoms with Crippen molar-refractivity contribution in [2.45, 2.75) is 33.1 Å². The quantitative estimate of drug-likeness (QED) is 0.419. The highest BCUT2D eigenvalue weighted by Crippen LogP contribution is 2.20. The minimum absolute atomic E-state index is 0.264. The summed E-state index contributed by atoms with van der Waals surface area (Å²) in [5.74, 6) is 1.33. The average molecular weight is 438 g/mol. The number of anilines is 1. The van der Waals surface area contributed by atoms with Crippen LogP contribution in [0.2, 0.25) is 0 Å². The predicted molar refractivity (Wildman–Crippen MR) is 125 cm³/mol. The maximum Gasteiger partial charge on any atom is 0.250 e. The topological polar surface area (TPSA) is 73.3 Å². The summed E-state index contributed by atoms with van der Waals surface area (Å²) in [5.41, 5.74) is 2.14. The van der Waals surface area contributed by atoms with E-state index in [1.54, 1.807) is 6.08 Å². The molecule has 0 saturated carbocycles. The fraction of sp³-hybridized carbons (Fsp3) is 0.292. The lowest BCUT2D eigenvalue weighted by Crippen LogP contribution is -2.07. The summed E-state index contributed by atoms with van der Waals surface area (Å²) >= 11 is 1.35.